The summed E-state index contributed by atoms with van der Waals surface area (Å²) in [5, 5.41) is 11.8. The van der Waals surface area contributed by atoms with Crippen LogP contribution in [0.3, 0.4) is 0 Å². The number of carboxylic acid groups (broad SMARTS) is 1. The summed E-state index contributed by atoms with van der Waals surface area (Å²) in [4.78, 5) is 10.4. The predicted molar refractivity (Wildman–Crippen MR) is 79.5 cm³/mol. The van der Waals surface area contributed by atoms with Crippen LogP contribution in [0.25, 0.3) is 0 Å². The molecule has 0 bridgehead atoms. The van der Waals surface area contributed by atoms with E-state index in [0.717, 1.165) is 6.42 Å². The Balaban J connectivity index is 2.31. The van der Waals surface area contributed by atoms with Crippen molar-refractivity contribution in [2.24, 2.45) is 11.8 Å². The Morgan fingerprint density at radius 2 is 2.05 bits per heavy atom. The van der Waals surface area contributed by atoms with Gasteiger partial charge >= 0.3 is 5.97 Å². The van der Waals surface area contributed by atoms with Crippen LogP contribution in [0.1, 0.15) is 46.0 Å². The van der Waals surface area contributed by atoms with Crippen molar-refractivity contribution in [3.63, 3.8) is 0 Å². The monoisotopic (exact) mass is 305 g/mol. The van der Waals surface area contributed by atoms with Gasteiger partial charge in [-0.05, 0) is 31.1 Å². The molecule has 1 rings (SSSR count). The third kappa shape index (κ3) is 6.70. The van der Waals surface area contributed by atoms with E-state index in [1.165, 1.54) is 25.7 Å². The molecule has 0 aliphatic heterocycles. The first kappa shape index (κ1) is 17.4. The van der Waals surface area contributed by atoms with E-state index in [4.69, 9.17) is 5.11 Å². The zero-order chi connectivity index (χ0) is 15.2. The van der Waals surface area contributed by atoms with Gasteiger partial charge in [0.2, 0.25) is 0 Å². The molecule has 6 heteroatoms. The predicted octanol–water partition coefficient (Wildman–Crippen LogP) is 1.68. The van der Waals surface area contributed by atoms with E-state index in [0.29, 0.717) is 24.4 Å². The molecule has 0 heterocycles. The lowest BCUT2D eigenvalue weighted by atomic mass is 9.94. The van der Waals surface area contributed by atoms with E-state index < -0.39 is 21.6 Å². The number of sulfone groups is 1. The largest absolute Gasteiger partial charge is 0.480 e. The first-order valence-electron chi connectivity index (χ1n) is 7.46. The van der Waals surface area contributed by atoms with Crippen molar-refractivity contribution in [3.05, 3.63) is 0 Å². The van der Waals surface area contributed by atoms with Crippen LogP contribution in [0.2, 0.25) is 0 Å². The van der Waals surface area contributed by atoms with E-state index in [1.807, 2.05) is 0 Å². The van der Waals surface area contributed by atoms with Crippen LogP contribution in [0, 0.1) is 11.8 Å². The second-order valence-corrected chi connectivity index (χ2v) is 8.39. The molecule has 5 nitrogen and oxygen atoms in total. The second-order valence-electron chi connectivity index (χ2n) is 6.21. The van der Waals surface area contributed by atoms with Gasteiger partial charge in [0.25, 0.3) is 0 Å². The van der Waals surface area contributed by atoms with Gasteiger partial charge in [-0.1, -0.05) is 26.7 Å². The number of nitrogens with one attached hydrogen (secondary N) is 1. The number of aliphatic carboxylic acids is 1. The lowest BCUT2D eigenvalue weighted by Crippen LogP contribution is -2.36. The van der Waals surface area contributed by atoms with E-state index >= 15 is 0 Å². The molecule has 0 spiro atoms. The third-order valence-corrected chi connectivity index (χ3v) is 5.45. The number of rotatable bonds is 9. The van der Waals surface area contributed by atoms with Gasteiger partial charge in [-0.2, -0.15) is 0 Å². The van der Waals surface area contributed by atoms with Gasteiger partial charge in [0.05, 0.1) is 5.75 Å². The molecule has 0 aromatic rings. The minimum Gasteiger partial charge on any atom is -0.480 e. The molecular weight excluding hydrogens is 278 g/mol. The molecule has 2 atom stereocenters. The maximum atomic E-state index is 11.5. The Labute approximate surface area is 122 Å². The van der Waals surface area contributed by atoms with Crippen LogP contribution in [-0.4, -0.2) is 43.6 Å². The molecule has 1 aliphatic carbocycles. The van der Waals surface area contributed by atoms with Crippen molar-refractivity contribution >= 4 is 15.8 Å². The van der Waals surface area contributed by atoms with E-state index in [2.05, 4.69) is 19.2 Å². The highest BCUT2D eigenvalue weighted by Gasteiger charge is 2.27. The Kier molecular flexibility index (Phi) is 6.95. The molecule has 1 fully saturated rings. The van der Waals surface area contributed by atoms with Crippen molar-refractivity contribution in [2.75, 3.05) is 18.1 Å². The Morgan fingerprint density at radius 3 is 2.65 bits per heavy atom. The van der Waals surface area contributed by atoms with Crippen LogP contribution in [-0.2, 0) is 14.6 Å². The number of hydrogen-bond acceptors (Lipinski definition) is 4. The molecule has 0 aromatic heterocycles. The van der Waals surface area contributed by atoms with Gasteiger partial charge in [0.15, 0.2) is 9.84 Å². The fourth-order valence-electron chi connectivity index (χ4n) is 2.86. The second kappa shape index (κ2) is 7.98. The highest BCUT2D eigenvalue weighted by atomic mass is 32.2. The summed E-state index contributed by atoms with van der Waals surface area (Å²) in [5.74, 6) is -0.796. The molecule has 0 saturated heterocycles. The highest BCUT2D eigenvalue weighted by molar-refractivity contribution is 7.92. The SMILES string of the molecule is CC(C)CCC1CCCC1NCCS(=O)(=O)CC(=O)O. The Bertz CT molecular complexity index is 405. The van der Waals surface area contributed by atoms with Crippen LogP contribution in [0.15, 0.2) is 0 Å². The normalized spacial score (nSPS) is 23.4. The van der Waals surface area contributed by atoms with E-state index in [1.54, 1.807) is 0 Å². The summed E-state index contributed by atoms with van der Waals surface area (Å²) in [6.07, 6.45) is 5.91. The topological polar surface area (TPSA) is 83.5 Å². The summed E-state index contributed by atoms with van der Waals surface area (Å²) in [5.41, 5.74) is 0. The first-order valence-corrected chi connectivity index (χ1v) is 9.28. The molecule has 118 valence electrons. The first-order chi connectivity index (χ1) is 9.30. The molecule has 0 amide bonds. The Hall–Kier alpha value is -0.620. The van der Waals surface area contributed by atoms with Gasteiger partial charge in [0.1, 0.15) is 5.75 Å². The minimum atomic E-state index is -3.48. The molecule has 1 saturated carbocycles. The number of carboxylic acids is 1. The summed E-state index contributed by atoms with van der Waals surface area (Å²) in [6, 6.07) is 0.397. The highest BCUT2D eigenvalue weighted by Crippen LogP contribution is 2.30. The molecule has 0 aromatic carbocycles. The quantitative estimate of drug-likeness (QED) is 0.677. The third-order valence-electron chi connectivity index (χ3n) is 3.94. The summed E-state index contributed by atoms with van der Waals surface area (Å²) >= 11 is 0. The molecule has 0 radical (unpaired) electrons. The van der Waals surface area contributed by atoms with E-state index in [-0.39, 0.29) is 5.75 Å². The minimum absolute atomic E-state index is 0.0906. The zero-order valence-electron chi connectivity index (χ0n) is 12.5. The Morgan fingerprint density at radius 1 is 1.35 bits per heavy atom. The maximum absolute atomic E-state index is 11.5. The van der Waals surface area contributed by atoms with Crippen molar-refractivity contribution < 1.29 is 18.3 Å². The fourth-order valence-corrected chi connectivity index (χ4v) is 3.81. The molecule has 2 N–H and O–H groups in total. The van der Waals surface area contributed by atoms with Crippen molar-refractivity contribution in [3.8, 4) is 0 Å². The van der Waals surface area contributed by atoms with Gasteiger partial charge < -0.3 is 10.4 Å². The molecule has 20 heavy (non-hydrogen) atoms. The fraction of sp³-hybridized carbons (Fsp3) is 0.929. The summed E-state index contributed by atoms with van der Waals surface area (Å²) in [6.45, 7) is 4.80. The van der Waals surface area contributed by atoms with Gasteiger partial charge in [-0.3, -0.25) is 4.79 Å². The average molecular weight is 305 g/mol. The molecule has 1 aliphatic rings. The smallest absolute Gasteiger partial charge is 0.318 e. The van der Waals surface area contributed by atoms with Crippen LogP contribution >= 0.6 is 0 Å². The van der Waals surface area contributed by atoms with Crippen molar-refractivity contribution in [1.29, 1.82) is 0 Å². The zero-order valence-corrected chi connectivity index (χ0v) is 13.3. The molecular formula is C14H27NO4S. The maximum Gasteiger partial charge on any atom is 0.318 e. The standard InChI is InChI=1S/C14H27NO4S/c1-11(2)6-7-12-4-3-5-13(12)15-8-9-20(18,19)10-14(16)17/h11-13,15H,3-10H2,1-2H3,(H,16,17). The van der Waals surface area contributed by atoms with Gasteiger partial charge in [0, 0.05) is 12.6 Å². The lowest BCUT2D eigenvalue weighted by Gasteiger charge is -2.21. The van der Waals surface area contributed by atoms with Gasteiger partial charge in [-0.15, -0.1) is 0 Å². The van der Waals surface area contributed by atoms with Crippen LogP contribution in [0.5, 0.6) is 0 Å². The average Bonchev–Trinajstić information content (AvgIpc) is 2.71. The molecule has 2 unspecified atom stereocenters. The van der Waals surface area contributed by atoms with E-state index in [9.17, 15) is 13.2 Å². The van der Waals surface area contributed by atoms with Crippen LogP contribution < -0.4 is 5.32 Å². The van der Waals surface area contributed by atoms with Crippen molar-refractivity contribution in [2.45, 2.75) is 52.0 Å². The van der Waals surface area contributed by atoms with Crippen molar-refractivity contribution in [1.82, 2.24) is 5.32 Å². The van der Waals surface area contributed by atoms with Gasteiger partial charge in [-0.25, -0.2) is 8.42 Å². The summed E-state index contributed by atoms with van der Waals surface area (Å²) < 4.78 is 23.0. The van der Waals surface area contributed by atoms with Crippen LogP contribution in [0.4, 0.5) is 0 Å². The lowest BCUT2D eigenvalue weighted by molar-refractivity contribution is -0.134. The summed E-state index contributed by atoms with van der Waals surface area (Å²) in [7, 11) is -3.48. The number of carbonyl (C=O) groups is 1. The number of hydrogen-bond donors (Lipinski definition) is 2.